The molecule has 102 valence electrons. The summed E-state index contributed by atoms with van der Waals surface area (Å²) in [6.45, 7) is 0. The van der Waals surface area contributed by atoms with E-state index in [1.165, 1.54) is 0 Å². The van der Waals surface area contributed by atoms with Crippen LogP contribution in [0.5, 0.6) is 0 Å². The Bertz CT molecular complexity index is 924. The molecule has 2 heterocycles. The number of fused-ring (bicyclic) bond motifs is 3. The van der Waals surface area contributed by atoms with Gasteiger partial charge in [0.2, 0.25) is 5.95 Å². The van der Waals surface area contributed by atoms with Crippen molar-refractivity contribution in [2.75, 3.05) is 11.1 Å². The van der Waals surface area contributed by atoms with E-state index in [9.17, 15) is 0 Å². The van der Waals surface area contributed by atoms with Crippen molar-refractivity contribution < 1.29 is 0 Å². The van der Waals surface area contributed by atoms with Crippen LogP contribution in [0.15, 0.2) is 60.7 Å². The topological polar surface area (TPSA) is 68.2 Å². The summed E-state index contributed by atoms with van der Waals surface area (Å²) >= 11 is 0. The van der Waals surface area contributed by atoms with Crippen LogP contribution in [0.1, 0.15) is 0 Å². The van der Waals surface area contributed by atoms with Crippen molar-refractivity contribution in [1.29, 1.82) is 0 Å². The molecule has 0 radical (unpaired) electrons. The second-order valence-corrected chi connectivity index (χ2v) is 4.84. The fourth-order valence-corrected chi connectivity index (χ4v) is 2.34. The Morgan fingerprint density at radius 2 is 1.71 bits per heavy atom. The lowest BCUT2D eigenvalue weighted by Gasteiger charge is -2.01. The maximum Gasteiger partial charge on any atom is 0.247 e. The molecule has 0 atom stereocenters. The van der Waals surface area contributed by atoms with Gasteiger partial charge in [-0.3, -0.25) is 0 Å². The Labute approximate surface area is 121 Å². The molecule has 4 aromatic rings. The molecule has 5 heteroatoms. The molecule has 0 aliphatic rings. The van der Waals surface area contributed by atoms with Crippen LogP contribution in [0.3, 0.4) is 0 Å². The molecule has 0 unspecified atom stereocenters. The smallest absolute Gasteiger partial charge is 0.247 e. The van der Waals surface area contributed by atoms with Gasteiger partial charge < -0.3 is 11.1 Å². The van der Waals surface area contributed by atoms with Crippen LogP contribution in [-0.2, 0) is 0 Å². The molecule has 0 spiro atoms. The van der Waals surface area contributed by atoms with E-state index in [-0.39, 0.29) is 0 Å². The minimum absolute atomic E-state index is 0.566. The van der Waals surface area contributed by atoms with Crippen molar-refractivity contribution >= 4 is 33.9 Å². The highest BCUT2D eigenvalue weighted by atomic mass is 15.3. The van der Waals surface area contributed by atoms with Gasteiger partial charge in [0.15, 0.2) is 5.65 Å². The highest BCUT2D eigenvalue weighted by Gasteiger charge is 2.06. The lowest BCUT2D eigenvalue weighted by atomic mass is 10.2. The number of nitrogens with two attached hydrogens (primary N) is 1. The van der Waals surface area contributed by atoms with Crippen molar-refractivity contribution in [3.05, 3.63) is 60.7 Å². The van der Waals surface area contributed by atoms with E-state index in [2.05, 4.69) is 21.5 Å². The Kier molecular flexibility index (Phi) is 2.50. The van der Waals surface area contributed by atoms with Gasteiger partial charge >= 0.3 is 0 Å². The summed E-state index contributed by atoms with van der Waals surface area (Å²) in [5, 5.41) is 8.84. The number of aromatic nitrogens is 3. The molecule has 4 rings (SSSR count). The van der Waals surface area contributed by atoms with Gasteiger partial charge in [0, 0.05) is 16.8 Å². The minimum Gasteiger partial charge on any atom is -0.399 e. The lowest BCUT2D eigenvalue weighted by molar-refractivity contribution is 1.01. The number of anilines is 3. The van der Waals surface area contributed by atoms with Crippen LogP contribution < -0.4 is 11.1 Å². The first-order valence-electron chi connectivity index (χ1n) is 6.67. The quantitative estimate of drug-likeness (QED) is 0.551. The van der Waals surface area contributed by atoms with Gasteiger partial charge in [-0.2, -0.15) is 4.98 Å². The zero-order chi connectivity index (χ0) is 14.2. The van der Waals surface area contributed by atoms with Crippen LogP contribution in [0.25, 0.3) is 16.6 Å². The zero-order valence-electron chi connectivity index (χ0n) is 11.2. The summed E-state index contributed by atoms with van der Waals surface area (Å²) in [6.07, 6.45) is 0. The minimum atomic E-state index is 0.566. The molecule has 0 aliphatic carbocycles. The van der Waals surface area contributed by atoms with Crippen molar-refractivity contribution in [2.24, 2.45) is 0 Å². The first-order valence-corrected chi connectivity index (χ1v) is 6.67. The summed E-state index contributed by atoms with van der Waals surface area (Å²) in [7, 11) is 0. The Morgan fingerprint density at radius 3 is 2.57 bits per heavy atom. The van der Waals surface area contributed by atoms with Gasteiger partial charge in [-0.1, -0.05) is 18.2 Å². The van der Waals surface area contributed by atoms with Gasteiger partial charge in [-0.15, -0.1) is 5.10 Å². The van der Waals surface area contributed by atoms with E-state index < -0.39 is 0 Å². The van der Waals surface area contributed by atoms with Crippen molar-refractivity contribution in [1.82, 2.24) is 14.6 Å². The monoisotopic (exact) mass is 275 g/mol. The van der Waals surface area contributed by atoms with Crippen LogP contribution in [0.4, 0.5) is 17.3 Å². The lowest BCUT2D eigenvalue weighted by Crippen LogP contribution is -1.94. The standard InChI is InChI=1S/C16H13N5/c17-12-6-8-13(9-7-12)18-16-19-15-10-5-11-3-1-2-4-14(11)21(15)20-16/h1-10H,17H2,(H,18,20). The summed E-state index contributed by atoms with van der Waals surface area (Å²) in [4.78, 5) is 4.49. The van der Waals surface area contributed by atoms with Crippen LogP contribution >= 0.6 is 0 Å². The number of hydrogen-bond acceptors (Lipinski definition) is 4. The maximum absolute atomic E-state index is 5.68. The summed E-state index contributed by atoms with van der Waals surface area (Å²) in [5.74, 6) is 0.566. The third kappa shape index (κ3) is 2.04. The number of nitrogens with one attached hydrogen (secondary N) is 1. The number of nitrogen functional groups attached to an aromatic ring is 1. The van der Waals surface area contributed by atoms with E-state index in [1.54, 1.807) is 0 Å². The molecule has 5 nitrogen and oxygen atoms in total. The first-order chi connectivity index (χ1) is 10.3. The van der Waals surface area contributed by atoms with Crippen LogP contribution in [0.2, 0.25) is 0 Å². The van der Waals surface area contributed by atoms with Gasteiger partial charge in [-0.25, -0.2) is 4.52 Å². The number of nitrogens with zero attached hydrogens (tertiary/aromatic N) is 3. The van der Waals surface area contributed by atoms with E-state index in [0.29, 0.717) is 5.95 Å². The predicted octanol–water partition coefficient (Wildman–Crippen LogP) is 3.21. The summed E-state index contributed by atoms with van der Waals surface area (Å²) in [5.41, 5.74) is 9.17. The zero-order valence-corrected chi connectivity index (χ0v) is 11.2. The molecule has 0 aliphatic heterocycles. The fraction of sp³-hybridized carbons (Fsp3) is 0. The summed E-state index contributed by atoms with van der Waals surface area (Å²) in [6, 6.07) is 19.6. The number of hydrogen-bond donors (Lipinski definition) is 2. The maximum atomic E-state index is 5.68. The second-order valence-electron chi connectivity index (χ2n) is 4.84. The second kappa shape index (κ2) is 4.49. The van der Waals surface area contributed by atoms with E-state index in [1.807, 2.05) is 59.1 Å². The molecule has 2 aromatic heterocycles. The highest BCUT2D eigenvalue weighted by molar-refractivity contribution is 5.81. The third-order valence-electron chi connectivity index (χ3n) is 3.38. The molecule has 0 saturated heterocycles. The average Bonchev–Trinajstić information content (AvgIpc) is 2.92. The highest BCUT2D eigenvalue weighted by Crippen LogP contribution is 2.19. The number of pyridine rings is 1. The molecule has 2 aromatic carbocycles. The number of rotatable bonds is 2. The van der Waals surface area contributed by atoms with Gasteiger partial charge in [0.05, 0.1) is 5.52 Å². The van der Waals surface area contributed by atoms with Crippen molar-refractivity contribution in [3.63, 3.8) is 0 Å². The molecule has 0 fully saturated rings. The van der Waals surface area contributed by atoms with E-state index in [4.69, 9.17) is 5.73 Å². The van der Waals surface area contributed by atoms with E-state index in [0.717, 1.165) is 27.9 Å². The van der Waals surface area contributed by atoms with Crippen molar-refractivity contribution in [3.8, 4) is 0 Å². The predicted molar refractivity (Wildman–Crippen MR) is 84.6 cm³/mol. The average molecular weight is 275 g/mol. The van der Waals surface area contributed by atoms with Gasteiger partial charge in [0.1, 0.15) is 0 Å². The number of para-hydroxylation sites is 1. The molecule has 0 saturated carbocycles. The Morgan fingerprint density at radius 1 is 0.905 bits per heavy atom. The van der Waals surface area contributed by atoms with E-state index >= 15 is 0 Å². The molecule has 3 N–H and O–H groups in total. The van der Waals surface area contributed by atoms with Crippen LogP contribution in [0, 0.1) is 0 Å². The largest absolute Gasteiger partial charge is 0.399 e. The van der Waals surface area contributed by atoms with Gasteiger partial charge in [0.25, 0.3) is 0 Å². The summed E-state index contributed by atoms with van der Waals surface area (Å²) < 4.78 is 1.84. The molecular formula is C16H13N5. The normalized spacial score (nSPS) is 11.0. The Hall–Kier alpha value is -3.08. The first kappa shape index (κ1) is 11.7. The van der Waals surface area contributed by atoms with Gasteiger partial charge in [-0.05, 0) is 42.5 Å². The number of benzene rings is 2. The molecule has 0 bridgehead atoms. The van der Waals surface area contributed by atoms with Crippen LogP contribution in [-0.4, -0.2) is 14.6 Å². The Balaban J connectivity index is 1.79. The molecular weight excluding hydrogens is 262 g/mol. The molecule has 0 amide bonds. The molecule has 21 heavy (non-hydrogen) atoms. The SMILES string of the molecule is Nc1ccc(Nc2nc3ccc4ccccc4n3n2)cc1. The van der Waals surface area contributed by atoms with Crippen molar-refractivity contribution in [2.45, 2.75) is 0 Å². The third-order valence-corrected chi connectivity index (χ3v) is 3.38. The fourth-order valence-electron chi connectivity index (χ4n) is 2.34.